The Labute approximate surface area is 95.4 Å². The van der Waals surface area contributed by atoms with Crippen molar-refractivity contribution in [1.82, 2.24) is 0 Å². The monoisotopic (exact) mass is 222 g/mol. The van der Waals surface area contributed by atoms with Crippen LogP contribution in [0, 0.1) is 6.92 Å². The van der Waals surface area contributed by atoms with Crippen molar-refractivity contribution in [2.75, 3.05) is 0 Å². The number of benzene rings is 1. The topological polar surface area (TPSA) is 17.1 Å². The summed E-state index contributed by atoms with van der Waals surface area (Å²) in [4.78, 5) is 11.4. The second-order valence-electron chi connectivity index (χ2n) is 4.29. The number of aryl methyl sites for hydroxylation is 1. The zero-order valence-corrected chi connectivity index (χ0v) is 9.68. The first-order valence-electron chi connectivity index (χ1n) is 5.49. The van der Waals surface area contributed by atoms with E-state index >= 15 is 0 Å². The van der Waals surface area contributed by atoms with Crippen molar-refractivity contribution in [2.24, 2.45) is 0 Å². The molecule has 0 spiro atoms. The lowest BCUT2D eigenvalue weighted by Crippen LogP contribution is -2.04. The maximum absolute atomic E-state index is 11.4. The molecule has 0 bridgehead atoms. The van der Waals surface area contributed by atoms with Gasteiger partial charge in [-0.2, -0.15) is 0 Å². The fourth-order valence-electron chi connectivity index (χ4n) is 2.54. The molecule has 15 heavy (non-hydrogen) atoms. The second kappa shape index (κ2) is 4.36. The summed E-state index contributed by atoms with van der Waals surface area (Å²) in [6.07, 6.45) is 4.93. The van der Waals surface area contributed by atoms with Crippen molar-refractivity contribution in [1.29, 1.82) is 0 Å². The number of hydrogen-bond donors (Lipinski definition) is 0. The average Bonchev–Trinajstić information content (AvgIpc) is 2.69. The molecule has 0 unspecified atom stereocenters. The van der Waals surface area contributed by atoms with Crippen molar-refractivity contribution in [3.05, 3.63) is 34.9 Å². The molecule has 0 N–H and O–H groups in total. The van der Waals surface area contributed by atoms with Gasteiger partial charge in [0.15, 0.2) is 0 Å². The van der Waals surface area contributed by atoms with Crippen LogP contribution in [0.25, 0.3) is 0 Å². The van der Waals surface area contributed by atoms with Gasteiger partial charge in [-0.05, 0) is 48.4 Å². The highest BCUT2D eigenvalue weighted by molar-refractivity contribution is 6.68. The Bertz CT molecular complexity index is 378. The fourth-order valence-corrected chi connectivity index (χ4v) is 2.79. The highest BCUT2D eigenvalue weighted by Gasteiger charge is 2.22. The molecular formula is C13H15ClO. The second-order valence-corrected chi connectivity index (χ2v) is 4.64. The molecule has 0 heterocycles. The molecule has 0 atom stereocenters. The molecule has 0 amide bonds. The number of carbonyl (C=O) groups excluding carboxylic acids is 1. The van der Waals surface area contributed by atoms with Gasteiger partial charge in [0.25, 0.3) is 5.24 Å². The quantitative estimate of drug-likeness (QED) is 0.691. The molecule has 1 aromatic rings. The fraction of sp³-hybridized carbons (Fsp3) is 0.462. The van der Waals surface area contributed by atoms with Crippen LogP contribution >= 0.6 is 11.6 Å². The van der Waals surface area contributed by atoms with Gasteiger partial charge in [0.05, 0.1) is 0 Å². The molecule has 2 rings (SSSR count). The summed E-state index contributed by atoms with van der Waals surface area (Å²) in [5.41, 5.74) is 2.90. The first-order chi connectivity index (χ1) is 7.20. The summed E-state index contributed by atoms with van der Waals surface area (Å²) in [5.74, 6) is 0.544. The Morgan fingerprint density at radius 1 is 1.33 bits per heavy atom. The molecule has 0 saturated heterocycles. The number of rotatable bonds is 2. The standard InChI is InChI=1S/C13H15ClO/c1-9-5-4-8-11(12(9)13(14)15)10-6-2-3-7-10/h4-5,8,10H,2-3,6-7H2,1H3. The maximum atomic E-state index is 11.4. The van der Waals surface area contributed by atoms with Gasteiger partial charge in [-0.3, -0.25) is 4.79 Å². The molecular weight excluding hydrogens is 208 g/mol. The van der Waals surface area contributed by atoms with E-state index in [1.807, 2.05) is 19.1 Å². The summed E-state index contributed by atoms with van der Waals surface area (Å²) < 4.78 is 0. The normalized spacial score (nSPS) is 16.9. The van der Waals surface area contributed by atoms with Crippen LogP contribution in [0.2, 0.25) is 0 Å². The Morgan fingerprint density at radius 3 is 2.60 bits per heavy atom. The van der Waals surface area contributed by atoms with Gasteiger partial charge in [0.2, 0.25) is 0 Å². The maximum Gasteiger partial charge on any atom is 0.252 e. The predicted molar refractivity (Wildman–Crippen MR) is 62.6 cm³/mol. The molecule has 0 aliphatic heterocycles. The molecule has 1 fully saturated rings. The van der Waals surface area contributed by atoms with Gasteiger partial charge in [-0.1, -0.05) is 31.0 Å². The van der Waals surface area contributed by atoms with Gasteiger partial charge in [-0.15, -0.1) is 0 Å². The van der Waals surface area contributed by atoms with Crippen LogP contribution in [0.3, 0.4) is 0 Å². The minimum atomic E-state index is -0.310. The third-order valence-electron chi connectivity index (χ3n) is 3.30. The lowest BCUT2D eigenvalue weighted by Gasteiger charge is -2.14. The predicted octanol–water partition coefficient (Wildman–Crippen LogP) is 4.03. The number of hydrogen-bond acceptors (Lipinski definition) is 1. The van der Waals surface area contributed by atoms with Gasteiger partial charge in [0, 0.05) is 5.56 Å². The zero-order chi connectivity index (χ0) is 10.8. The van der Waals surface area contributed by atoms with Crippen LogP contribution in [-0.2, 0) is 0 Å². The van der Waals surface area contributed by atoms with Crippen LogP contribution in [0.4, 0.5) is 0 Å². The van der Waals surface area contributed by atoms with Crippen molar-refractivity contribution < 1.29 is 4.79 Å². The lowest BCUT2D eigenvalue weighted by atomic mass is 9.91. The Hall–Kier alpha value is -0.820. The van der Waals surface area contributed by atoms with Crippen molar-refractivity contribution >= 4 is 16.8 Å². The number of halogens is 1. The summed E-state index contributed by atoms with van der Waals surface area (Å²) in [5, 5.41) is -0.310. The smallest absolute Gasteiger partial charge is 0.252 e. The molecule has 0 aromatic heterocycles. The highest BCUT2D eigenvalue weighted by atomic mass is 35.5. The molecule has 1 nitrogen and oxygen atoms in total. The zero-order valence-electron chi connectivity index (χ0n) is 8.92. The molecule has 1 aliphatic carbocycles. The van der Waals surface area contributed by atoms with E-state index in [0.29, 0.717) is 5.92 Å². The SMILES string of the molecule is Cc1cccc(C2CCCC2)c1C(=O)Cl. The average molecular weight is 223 g/mol. The van der Waals surface area contributed by atoms with E-state index in [1.54, 1.807) is 0 Å². The van der Waals surface area contributed by atoms with Crippen LogP contribution in [0.15, 0.2) is 18.2 Å². The van der Waals surface area contributed by atoms with E-state index < -0.39 is 0 Å². The molecule has 1 saturated carbocycles. The van der Waals surface area contributed by atoms with Crippen molar-refractivity contribution in [3.8, 4) is 0 Å². The summed E-state index contributed by atoms with van der Waals surface area (Å²) in [6, 6.07) is 6.03. The minimum absolute atomic E-state index is 0.310. The third kappa shape index (κ3) is 2.07. The largest absolute Gasteiger partial charge is 0.276 e. The first-order valence-corrected chi connectivity index (χ1v) is 5.87. The molecule has 0 radical (unpaired) electrons. The summed E-state index contributed by atoms with van der Waals surface area (Å²) >= 11 is 5.65. The Morgan fingerprint density at radius 2 is 2.00 bits per heavy atom. The van der Waals surface area contributed by atoms with Crippen LogP contribution in [0.1, 0.15) is 53.1 Å². The van der Waals surface area contributed by atoms with Gasteiger partial charge < -0.3 is 0 Å². The van der Waals surface area contributed by atoms with E-state index in [0.717, 1.165) is 16.7 Å². The Balaban J connectivity index is 2.45. The van der Waals surface area contributed by atoms with E-state index in [-0.39, 0.29) is 5.24 Å². The molecule has 80 valence electrons. The molecule has 2 heteroatoms. The first kappa shape index (κ1) is 10.7. The highest BCUT2D eigenvalue weighted by Crippen LogP contribution is 2.36. The third-order valence-corrected chi connectivity index (χ3v) is 3.49. The van der Waals surface area contributed by atoms with Gasteiger partial charge in [-0.25, -0.2) is 0 Å². The number of carbonyl (C=O) groups is 1. The Kier molecular flexibility index (Phi) is 3.11. The van der Waals surface area contributed by atoms with E-state index in [4.69, 9.17) is 11.6 Å². The van der Waals surface area contributed by atoms with Crippen LogP contribution in [0.5, 0.6) is 0 Å². The van der Waals surface area contributed by atoms with Gasteiger partial charge >= 0.3 is 0 Å². The van der Waals surface area contributed by atoms with Crippen LogP contribution in [-0.4, -0.2) is 5.24 Å². The van der Waals surface area contributed by atoms with E-state index in [1.165, 1.54) is 25.7 Å². The van der Waals surface area contributed by atoms with Crippen molar-refractivity contribution in [3.63, 3.8) is 0 Å². The lowest BCUT2D eigenvalue weighted by molar-refractivity contribution is 0.107. The van der Waals surface area contributed by atoms with E-state index in [9.17, 15) is 4.79 Å². The minimum Gasteiger partial charge on any atom is -0.276 e. The summed E-state index contributed by atoms with van der Waals surface area (Å²) in [6.45, 7) is 1.95. The molecule has 1 aromatic carbocycles. The van der Waals surface area contributed by atoms with Crippen LogP contribution < -0.4 is 0 Å². The van der Waals surface area contributed by atoms with Gasteiger partial charge in [0.1, 0.15) is 0 Å². The molecule has 1 aliphatic rings. The summed E-state index contributed by atoms with van der Waals surface area (Å²) in [7, 11) is 0. The van der Waals surface area contributed by atoms with Crippen molar-refractivity contribution in [2.45, 2.75) is 38.5 Å². The van der Waals surface area contributed by atoms with E-state index in [2.05, 4.69) is 6.07 Å².